The lowest BCUT2D eigenvalue weighted by Crippen LogP contribution is -2.34. The number of benzene rings is 1. The van der Waals surface area contributed by atoms with E-state index in [4.69, 9.17) is 9.84 Å². The highest BCUT2D eigenvalue weighted by atomic mass is 16.5. The maximum atomic E-state index is 11.3. The van der Waals surface area contributed by atoms with Crippen LogP contribution in [0.5, 0.6) is 5.75 Å². The molecular weight excluding hydrogens is 206 g/mol. The molecule has 0 aromatic heterocycles. The second-order valence-electron chi connectivity index (χ2n) is 3.52. The second kappa shape index (κ2) is 6.12. The first-order chi connectivity index (χ1) is 7.63. The van der Waals surface area contributed by atoms with E-state index in [-0.39, 0.29) is 17.8 Å². The van der Waals surface area contributed by atoms with Gasteiger partial charge in [-0.2, -0.15) is 0 Å². The number of aromatic hydroxyl groups is 1. The Balaban J connectivity index is 2.39. The van der Waals surface area contributed by atoms with Crippen LogP contribution in [0.4, 0.5) is 0 Å². The molecule has 0 radical (unpaired) electrons. The third-order valence-corrected chi connectivity index (χ3v) is 2.19. The minimum atomic E-state index is -0.325. The average molecular weight is 223 g/mol. The topological polar surface area (TPSA) is 58.6 Å². The van der Waals surface area contributed by atoms with Crippen molar-refractivity contribution in [2.45, 2.75) is 26.4 Å². The minimum Gasteiger partial charge on any atom is -0.508 e. The summed E-state index contributed by atoms with van der Waals surface area (Å²) in [6, 6.07) is 6.52. The summed E-state index contributed by atoms with van der Waals surface area (Å²) in [7, 11) is 0. The van der Waals surface area contributed by atoms with Gasteiger partial charge >= 0.3 is 5.97 Å². The van der Waals surface area contributed by atoms with Gasteiger partial charge in [-0.05, 0) is 31.5 Å². The molecule has 1 aromatic carbocycles. The molecule has 0 saturated carbocycles. The summed E-state index contributed by atoms with van der Waals surface area (Å²) in [5, 5.41) is 12.1. The lowest BCUT2D eigenvalue weighted by molar-refractivity contribution is -0.145. The van der Waals surface area contributed by atoms with Crippen LogP contribution >= 0.6 is 0 Å². The number of hydrogen-bond donors (Lipinski definition) is 2. The lowest BCUT2D eigenvalue weighted by atomic mass is 10.2. The van der Waals surface area contributed by atoms with Crippen molar-refractivity contribution in [3.8, 4) is 5.75 Å². The molecule has 0 fully saturated rings. The fraction of sp³-hybridized carbons (Fsp3) is 0.417. The number of carbonyl (C=O) groups is 1. The zero-order valence-electron chi connectivity index (χ0n) is 9.56. The first-order valence-corrected chi connectivity index (χ1v) is 5.31. The molecule has 0 amide bonds. The SMILES string of the molecule is CCOC(=O)C(C)NCc1ccc(O)cc1. The Kier molecular flexibility index (Phi) is 4.79. The van der Waals surface area contributed by atoms with Crippen LogP contribution in [0.25, 0.3) is 0 Å². The van der Waals surface area contributed by atoms with Crippen molar-refractivity contribution in [3.63, 3.8) is 0 Å². The van der Waals surface area contributed by atoms with Crippen molar-refractivity contribution in [2.75, 3.05) is 6.61 Å². The molecule has 2 N–H and O–H groups in total. The maximum Gasteiger partial charge on any atom is 0.322 e. The first kappa shape index (κ1) is 12.5. The molecule has 4 heteroatoms. The van der Waals surface area contributed by atoms with Crippen molar-refractivity contribution in [2.24, 2.45) is 0 Å². The molecule has 0 aliphatic heterocycles. The fourth-order valence-corrected chi connectivity index (χ4v) is 1.24. The highest BCUT2D eigenvalue weighted by Crippen LogP contribution is 2.09. The van der Waals surface area contributed by atoms with Gasteiger partial charge in [0.05, 0.1) is 6.61 Å². The minimum absolute atomic E-state index is 0.238. The maximum absolute atomic E-state index is 11.3. The molecule has 0 aliphatic carbocycles. The Labute approximate surface area is 95.2 Å². The summed E-state index contributed by atoms with van der Waals surface area (Å²) in [6.45, 7) is 4.51. The molecule has 1 atom stereocenters. The Hall–Kier alpha value is -1.55. The summed E-state index contributed by atoms with van der Waals surface area (Å²) >= 11 is 0. The average Bonchev–Trinajstić information content (AvgIpc) is 2.28. The fourth-order valence-electron chi connectivity index (χ4n) is 1.24. The van der Waals surface area contributed by atoms with Crippen LogP contribution < -0.4 is 5.32 Å². The van der Waals surface area contributed by atoms with Gasteiger partial charge in [-0.3, -0.25) is 4.79 Å². The van der Waals surface area contributed by atoms with Crippen molar-refractivity contribution < 1.29 is 14.6 Å². The zero-order valence-corrected chi connectivity index (χ0v) is 9.56. The third kappa shape index (κ3) is 3.90. The Morgan fingerprint density at radius 1 is 1.44 bits per heavy atom. The molecule has 16 heavy (non-hydrogen) atoms. The van der Waals surface area contributed by atoms with E-state index in [1.807, 2.05) is 0 Å². The monoisotopic (exact) mass is 223 g/mol. The van der Waals surface area contributed by atoms with Crippen LogP contribution in [-0.2, 0) is 16.1 Å². The normalized spacial score (nSPS) is 12.1. The van der Waals surface area contributed by atoms with Crippen molar-refractivity contribution in [1.29, 1.82) is 0 Å². The molecule has 1 rings (SSSR count). The van der Waals surface area contributed by atoms with E-state index in [1.54, 1.807) is 38.1 Å². The number of hydrogen-bond acceptors (Lipinski definition) is 4. The van der Waals surface area contributed by atoms with Crippen molar-refractivity contribution in [1.82, 2.24) is 5.32 Å². The molecular formula is C12H17NO3. The van der Waals surface area contributed by atoms with Gasteiger partial charge in [-0.1, -0.05) is 12.1 Å². The zero-order chi connectivity index (χ0) is 12.0. The van der Waals surface area contributed by atoms with E-state index < -0.39 is 0 Å². The summed E-state index contributed by atoms with van der Waals surface area (Å²) in [6.07, 6.45) is 0. The van der Waals surface area contributed by atoms with Crippen LogP contribution in [-0.4, -0.2) is 23.7 Å². The summed E-state index contributed by atoms with van der Waals surface area (Å²) < 4.78 is 4.87. The number of carbonyl (C=O) groups excluding carboxylic acids is 1. The Morgan fingerprint density at radius 2 is 2.06 bits per heavy atom. The van der Waals surface area contributed by atoms with Gasteiger partial charge in [0.2, 0.25) is 0 Å². The largest absolute Gasteiger partial charge is 0.508 e. The van der Waals surface area contributed by atoms with Gasteiger partial charge in [0.25, 0.3) is 0 Å². The van der Waals surface area contributed by atoms with Crippen LogP contribution in [0, 0.1) is 0 Å². The van der Waals surface area contributed by atoms with Gasteiger partial charge < -0.3 is 15.2 Å². The molecule has 0 saturated heterocycles. The number of ether oxygens (including phenoxy) is 1. The van der Waals surface area contributed by atoms with E-state index in [2.05, 4.69) is 5.32 Å². The van der Waals surface area contributed by atoms with Gasteiger partial charge in [0, 0.05) is 6.54 Å². The Bertz CT molecular complexity index is 335. The highest BCUT2D eigenvalue weighted by Gasteiger charge is 2.12. The molecule has 4 nitrogen and oxygen atoms in total. The number of phenolic OH excluding ortho intramolecular Hbond substituents is 1. The standard InChI is InChI=1S/C12H17NO3/c1-3-16-12(15)9(2)13-8-10-4-6-11(14)7-5-10/h4-7,9,13-14H,3,8H2,1-2H3. The molecule has 0 bridgehead atoms. The Morgan fingerprint density at radius 3 is 2.62 bits per heavy atom. The van der Waals surface area contributed by atoms with Crippen LogP contribution in [0.2, 0.25) is 0 Å². The van der Waals surface area contributed by atoms with Gasteiger partial charge in [0.1, 0.15) is 11.8 Å². The molecule has 1 aromatic rings. The molecule has 0 spiro atoms. The third-order valence-electron chi connectivity index (χ3n) is 2.19. The molecule has 0 heterocycles. The second-order valence-corrected chi connectivity index (χ2v) is 3.52. The highest BCUT2D eigenvalue weighted by molar-refractivity contribution is 5.75. The number of nitrogens with one attached hydrogen (secondary N) is 1. The van der Waals surface area contributed by atoms with Crippen molar-refractivity contribution in [3.05, 3.63) is 29.8 Å². The van der Waals surface area contributed by atoms with Gasteiger partial charge in [0.15, 0.2) is 0 Å². The smallest absolute Gasteiger partial charge is 0.322 e. The van der Waals surface area contributed by atoms with E-state index >= 15 is 0 Å². The van der Waals surface area contributed by atoms with E-state index in [0.717, 1.165) is 5.56 Å². The number of phenols is 1. The van der Waals surface area contributed by atoms with Crippen LogP contribution in [0.3, 0.4) is 0 Å². The molecule has 0 aliphatic rings. The predicted molar refractivity (Wildman–Crippen MR) is 61.0 cm³/mol. The molecule has 1 unspecified atom stereocenters. The summed E-state index contributed by atoms with van der Waals surface area (Å²) in [5.74, 6) is -0.0107. The lowest BCUT2D eigenvalue weighted by Gasteiger charge is -2.12. The molecule has 88 valence electrons. The quantitative estimate of drug-likeness (QED) is 0.741. The van der Waals surface area contributed by atoms with Gasteiger partial charge in [-0.15, -0.1) is 0 Å². The van der Waals surface area contributed by atoms with E-state index in [0.29, 0.717) is 13.2 Å². The number of rotatable bonds is 5. The predicted octanol–water partition coefficient (Wildman–Crippen LogP) is 1.43. The van der Waals surface area contributed by atoms with Crippen LogP contribution in [0.15, 0.2) is 24.3 Å². The first-order valence-electron chi connectivity index (χ1n) is 5.31. The van der Waals surface area contributed by atoms with Gasteiger partial charge in [-0.25, -0.2) is 0 Å². The number of esters is 1. The van der Waals surface area contributed by atoms with E-state index in [1.165, 1.54) is 0 Å². The van der Waals surface area contributed by atoms with Crippen molar-refractivity contribution >= 4 is 5.97 Å². The summed E-state index contributed by atoms with van der Waals surface area (Å²) in [4.78, 5) is 11.3. The summed E-state index contributed by atoms with van der Waals surface area (Å²) in [5.41, 5.74) is 1.01. The van der Waals surface area contributed by atoms with E-state index in [9.17, 15) is 4.79 Å². The van der Waals surface area contributed by atoms with Crippen LogP contribution in [0.1, 0.15) is 19.4 Å².